The molecule has 0 aliphatic heterocycles. The van der Waals surface area contributed by atoms with Crippen molar-refractivity contribution in [2.75, 3.05) is 0 Å². The van der Waals surface area contributed by atoms with E-state index in [-0.39, 0.29) is 5.56 Å². The summed E-state index contributed by atoms with van der Waals surface area (Å²) in [6, 6.07) is 4.76. The summed E-state index contributed by atoms with van der Waals surface area (Å²) >= 11 is 0. The van der Waals surface area contributed by atoms with Gasteiger partial charge in [-0.1, -0.05) is 12.1 Å². The molecule has 1 aromatic rings. The van der Waals surface area contributed by atoms with Gasteiger partial charge in [-0.3, -0.25) is 0 Å². The molecule has 89 valence electrons. The second kappa shape index (κ2) is 4.32. The molecule has 0 aliphatic carbocycles. The Hall–Kier alpha value is -1.24. The van der Waals surface area contributed by atoms with E-state index in [0.29, 0.717) is 0 Å². The van der Waals surface area contributed by atoms with Crippen molar-refractivity contribution in [1.82, 2.24) is 0 Å². The first-order valence-corrected chi connectivity index (χ1v) is 5.88. The molecular formula is C9H8F3O3S. The summed E-state index contributed by atoms with van der Waals surface area (Å²) < 4.78 is 60.9. The number of hydrogen-bond acceptors (Lipinski definition) is 3. The maximum Gasteiger partial charge on any atom is 0.573 e. The lowest BCUT2D eigenvalue weighted by atomic mass is 10.2. The molecule has 1 aromatic carbocycles. The van der Waals surface area contributed by atoms with E-state index in [1.807, 2.05) is 0 Å². The average molecular weight is 253 g/mol. The second-order valence-corrected chi connectivity index (χ2v) is 4.86. The SMILES string of the molecule is [CH2]S(=O)(=O)Cc1cccc(OC(F)(F)F)c1. The van der Waals surface area contributed by atoms with E-state index in [0.717, 1.165) is 12.1 Å². The summed E-state index contributed by atoms with van der Waals surface area (Å²) in [6.45, 7) is 0. The zero-order chi connectivity index (χ0) is 12.4. The van der Waals surface area contributed by atoms with E-state index in [4.69, 9.17) is 0 Å². The molecule has 0 saturated heterocycles. The van der Waals surface area contributed by atoms with Gasteiger partial charge in [0.05, 0.1) is 12.0 Å². The third-order valence-corrected chi connectivity index (χ3v) is 2.29. The molecule has 3 nitrogen and oxygen atoms in total. The Kier molecular flexibility index (Phi) is 3.47. The fourth-order valence-corrected chi connectivity index (χ4v) is 1.77. The first-order valence-electron chi connectivity index (χ1n) is 4.06. The lowest BCUT2D eigenvalue weighted by Crippen LogP contribution is -2.17. The lowest BCUT2D eigenvalue weighted by Gasteiger charge is -2.09. The predicted octanol–water partition coefficient (Wildman–Crippen LogP) is 2.29. The summed E-state index contributed by atoms with van der Waals surface area (Å²) in [5, 5.41) is 0. The van der Waals surface area contributed by atoms with Gasteiger partial charge in [0, 0.05) is 0 Å². The standard InChI is InChI=1S/C9H8F3O3S/c1-16(13,14)6-7-3-2-4-8(5-7)15-9(10,11)12/h2-5H,1,6H2. The van der Waals surface area contributed by atoms with Gasteiger partial charge in [0.1, 0.15) is 5.75 Å². The quantitative estimate of drug-likeness (QED) is 0.830. The van der Waals surface area contributed by atoms with Gasteiger partial charge in [-0.2, -0.15) is 0 Å². The van der Waals surface area contributed by atoms with E-state index >= 15 is 0 Å². The first kappa shape index (κ1) is 12.8. The van der Waals surface area contributed by atoms with Crippen LogP contribution in [0.15, 0.2) is 24.3 Å². The van der Waals surface area contributed by atoms with Gasteiger partial charge < -0.3 is 4.74 Å². The van der Waals surface area contributed by atoms with Crippen molar-refractivity contribution in [3.63, 3.8) is 0 Å². The van der Waals surface area contributed by atoms with Crippen molar-refractivity contribution in [3.8, 4) is 5.75 Å². The van der Waals surface area contributed by atoms with Crippen LogP contribution >= 0.6 is 0 Å². The van der Waals surface area contributed by atoms with Gasteiger partial charge in [0.2, 0.25) is 0 Å². The third kappa shape index (κ3) is 5.01. The van der Waals surface area contributed by atoms with Gasteiger partial charge in [0.25, 0.3) is 0 Å². The van der Waals surface area contributed by atoms with Crippen LogP contribution in [0.2, 0.25) is 0 Å². The molecule has 1 radical (unpaired) electrons. The highest BCUT2D eigenvalue weighted by molar-refractivity contribution is 7.91. The summed E-state index contributed by atoms with van der Waals surface area (Å²) in [6.07, 6.45) is -1.91. The number of rotatable bonds is 3. The van der Waals surface area contributed by atoms with Crippen molar-refractivity contribution in [2.24, 2.45) is 0 Å². The summed E-state index contributed by atoms with van der Waals surface area (Å²) in [7, 11) is -3.52. The zero-order valence-corrected chi connectivity index (χ0v) is 8.81. The van der Waals surface area contributed by atoms with Crippen LogP contribution in [-0.2, 0) is 15.6 Å². The molecule has 0 aliphatic rings. The van der Waals surface area contributed by atoms with Crippen LogP contribution in [0.1, 0.15) is 5.56 Å². The second-order valence-electron chi connectivity index (χ2n) is 3.08. The highest BCUT2D eigenvalue weighted by Gasteiger charge is 2.31. The fraction of sp³-hybridized carbons (Fsp3) is 0.222. The zero-order valence-electron chi connectivity index (χ0n) is 7.99. The van der Waals surface area contributed by atoms with E-state index in [1.54, 1.807) is 0 Å². The molecule has 0 heterocycles. The minimum Gasteiger partial charge on any atom is -0.406 e. The maximum absolute atomic E-state index is 11.9. The highest BCUT2D eigenvalue weighted by atomic mass is 32.2. The van der Waals surface area contributed by atoms with Gasteiger partial charge in [-0.25, -0.2) is 8.42 Å². The van der Waals surface area contributed by atoms with E-state index in [9.17, 15) is 21.6 Å². The minimum absolute atomic E-state index is 0.191. The third-order valence-electron chi connectivity index (χ3n) is 1.52. The van der Waals surface area contributed by atoms with Crippen molar-refractivity contribution < 1.29 is 26.3 Å². The molecule has 0 atom stereocenters. The molecule has 0 saturated carbocycles. The molecule has 0 fully saturated rings. The van der Waals surface area contributed by atoms with Gasteiger partial charge in [0.15, 0.2) is 9.84 Å². The normalized spacial score (nSPS) is 12.5. The summed E-state index contributed by atoms with van der Waals surface area (Å²) in [5.41, 5.74) is 0.191. The van der Waals surface area contributed by atoms with Crippen molar-refractivity contribution in [2.45, 2.75) is 12.1 Å². The van der Waals surface area contributed by atoms with Crippen LogP contribution < -0.4 is 4.74 Å². The number of halogens is 3. The van der Waals surface area contributed by atoms with Gasteiger partial charge in [-0.05, 0) is 17.7 Å². The van der Waals surface area contributed by atoms with Crippen LogP contribution in [0.3, 0.4) is 0 Å². The van der Waals surface area contributed by atoms with Crippen LogP contribution in [-0.4, -0.2) is 14.8 Å². The van der Waals surface area contributed by atoms with Crippen molar-refractivity contribution in [3.05, 3.63) is 36.1 Å². The van der Waals surface area contributed by atoms with E-state index in [1.165, 1.54) is 12.1 Å². The van der Waals surface area contributed by atoms with Crippen molar-refractivity contribution in [1.29, 1.82) is 0 Å². The Balaban J connectivity index is 2.88. The van der Waals surface area contributed by atoms with Gasteiger partial charge in [-0.15, -0.1) is 13.2 Å². The first-order chi connectivity index (χ1) is 7.16. The molecule has 7 heteroatoms. The Morgan fingerprint density at radius 2 is 1.94 bits per heavy atom. The number of sulfone groups is 1. The molecule has 0 bridgehead atoms. The molecule has 0 N–H and O–H groups in total. The van der Waals surface area contributed by atoms with Crippen LogP contribution in [0.25, 0.3) is 0 Å². The highest BCUT2D eigenvalue weighted by Crippen LogP contribution is 2.23. The Morgan fingerprint density at radius 3 is 2.44 bits per heavy atom. The van der Waals surface area contributed by atoms with Gasteiger partial charge >= 0.3 is 6.36 Å². The molecule has 16 heavy (non-hydrogen) atoms. The average Bonchev–Trinajstić information content (AvgIpc) is 1.96. The number of ether oxygens (including phenoxy) is 1. The summed E-state index contributed by atoms with van der Waals surface area (Å²) in [4.78, 5) is 0. The Labute approximate surface area is 90.8 Å². The summed E-state index contributed by atoms with van der Waals surface area (Å²) in [5.74, 6) is -0.879. The molecular weight excluding hydrogens is 245 g/mol. The van der Waals surface area contributed by atoms with E-state index in [2.05, 4.69) is 11.0 Å². The number of hydrogen-bond donors (Lipinski definition) is 0. The largest absolute Gasteiger partial charge is 0.573 e. The lowest BCUT2D eigenvalue weighted by molar-refractivity contribution is -0.274. The van der Waals surface area contributed by atoms with Crippen LogP contribution in [0.4, 0.5) is 13.2 Å². The number of benzene rings is 1. The molecule has 0 amide bonds. The molecule has 0 spiro atoms. The maximum atomic E-state index is 11.9. The minimum atomic E-state index is -4.79. The predicted molar refractivity (Wildman–Crippen MR) is 51.1 cm³/mol. The van der Waals surface area contributed by atoms with Crippen molar-refractivity contribution >= 4 is 9.84 Å². The molecule has 1 rings (SSSR count). The fourth-order valence-electron chi connectivity index (χ4n) is 1.09. The van der Waals surface area contributed by atoms with Crippen LogP contribution in [0, 0.1) is 6.26 Å². The molecule has 0 aromatic heterocycles. The Bertz CT molecular complexity index is 465. The number of alkyl halides is 3. The Morgan fingerprint density at radius 1 is 1.31 bits per heavy atom. The smallest absolute Gasteiger partial charge is 0.406 e. The topological polar surface area (TPSA) is 43.4 Å². The molecule has 0 unspecified atom stereocenters. The monoisotopic (exact) mass is 253 g/mol. The van der Waals surface area contributed by atoms with E-state index < -0.39 is 27.7 Å². The van der Waals surface area contributed by atoms with Crippen LogP contribution in [0.5, 0.6) is 5.75 Å².